The van der Waals surface area contributed by atoms with Crippen molar-refractivity contribution in [2.75, 3.05) is 12.9 Å². The van der Waals surface area contributed by atoms with Crippen molar-refractivity contribution in [3.63, 3.8) is 0 Å². The van der Waals surface area contributed by atoms with Gasteiger partial charge < -0.3 is 9.72 Å². The third-order valence-corrected chi connectivity index (χ3v) is 4.29. The number of thioether (sulfide) groups is 1. The maximum absolute atomic E-state index is 13.4. The van der Waals surface area contributed by atoms with Crippen molar-refractivity contribution in [2.45, 2.75) is 12.1 Å². The highest BCUT2D eigenvalue weighted by atomic mass is 32.2. The van der Waals surface area contributed by atoms with Gasteiger partial charge in [-0.25, -0.2) is 9.37 Å². The first-order valence-electron chi connectivity index (χ1n) is 7.03. The molecule has 118 valence electrons. The molecule has 3 aromatic rings. The molecule has 0 aliphatic heterocycles. The van der Waals surface area contributed by atoms with Gasteiger partial charge in [0.15, 0.2) is 10.9 Å². The van der Waals surface area contributed by atoms with E-state index in [1.165, 1.54) is 37.1 Å². The van der Waals surface area contributed by atoms with Gasteiger partial charge in [0, 0.05) is 0 Å². The molecule has 0 spiro atoms. The van der Waals surface area contributed by atoms with Crippen molar-refractivity contribution in [3.05, 3.63) is 53.3 Å². The Morgan fingerprint density at radius 2 is 2.13 bits per heavy atom. The van der Waals surface area contributed by atoms with Gasteiger partial charge in [0.05, 0.1) is 29.5 Å². The number of fused-ring (bicyclic) bond motifs is 1. The van der Waals surface area contributed by atoms with Crippen LogP contribution in [0.4, 0.5) is 4.39 Å². The number of ether oxygens (including phenoxy) is 1. The number of carbonyl (C=O) groups is 1. The van der Waals surface area contributed by atoms with Crippen molar-refractivity contribution in [1.29, 1.82) is 0 Å². The predicted molar refractivity (Wildman–Crippen MR) is 88.8 cm³/mol. The molecule has 4 nitrogen and oxygen atoms in total. The maximum atomic E-state index is 13.4. The van der Waals surface area contributed by atoms with Gasteiger partial charge in [-0.05, 0) is 42.8 Å². The number of methoxy groups -OCH3 is 1. The minimum absolute atomic E-state index is 0.151. The molecule has 1 aromatic heterocycles. The molecule has 0 amide bonds. The zero-order chi connectivity index (χ0) is 16.4. The highest BCUT2D eigenvalue weighted by Gasteiger charge is 2.15. The van der Waals surface area contributed by atoms with Crippen molar-refractivity contribution < 1.29 is 13.9 Å². The summed E-state index contributed by atoms with van der Waals surface area (Å²) in [6.07, 6.45) is 0. The lowest BCUT2D eigenvalue weighted by Crippen LogP contribution is -2.05. The summed E-state index contributed by atoms with van der Waals surface area (Å²) in [4.78, 5) is 19.9. The SMILES string of the molecule is COc1ccc(F)cc1C(=O)CSc1nc2ccc(C)cc2[nH]1. The normalized spacial score (nSPS) is 10.9. The van der Waals surface area contributed by atoms with Crippen LogP contribution in [0.1, 0.15) is 15.9 Å². The lowest BCUT2D eigenvalue weighted by Gasteiger charge is -2.06. The molecule has 6 heteroatoms. The number of imidazole rings is 1. The molecular formula is C17H15FN2O2S. The topological polar surface area (TPSA) is 55.0 Å². The molecule has 1 heterocycles. The number of nitrogens with zero attached hydrogens (tertiary/aromatic N) is 1. The molecule has 0 atom stereocenters. The molecule has 23 heavy (non-hydrogen) atoms. The minimum Gasteiger partial charge on any atom is -0.496 e. The largest absolute Gasteiger partial charge is 0.496 e. The van der Waals surface area contributed by atoms with Crippen LogP contribution >= 0.6 is 11.8 Å². The van der Waals surface area contributed by atoms with Crippen LogP contribution in [0.5, 0.6) is 5.75 Å². The molecule has 3 rings (SSSR count). The van der Waals surface area contributed by atoms with Crippen LogP contribution in [0.3, 0.4) is 0 Å². The predicted octanol–water partition coefficient (Wildman–Crippen LogP) is 3.99. The van der Waals surface area contributed by atoms with E-state index in [4.69, 9.17) is 4.74 Å². The number of ketones is 1. The first-order valence-corrected chi connectivity index (χ1v) is 8.01. The molecule has 0 aliphatic rings. The number of hydrogen-bond acceptors (Lipinski definition) is 4. The first kappa shape index (κ1) is 15.6. The Morgan fingerprint density at radius 3 is 2.91 bits per heavy atom. The quantitative estimate of drug-likeness (QED) is 0.567. The lowest BCUT2D eigenvalue weighted by molar-refractivity contribution is 0.101. The van der Waals surface area contributed by atoms with Crippen LogP contribution in [0.15, 0.2) is 41.6 Å². The number of nitrogens with one attached hydrogen (secondary N) is 1. The molecule has 0 aliphatic carbocycles. The highest BCUT2D eigenvalue weighted by molar-refractivity contribution is 7.99. The average molecular weight is 330 g/mol. The smallest absolute Gasteiger partial charge is 0.177 e. The first-order chi connectivity index (χ1) is 11.1. The number of aromatic nitrogens is 2. The lowest BCUT2D eigenvalue weighted by atomic mass is 10.1. The van der Waals surface area contributed by atoms with Gasteiger partial charge in [-0.2, -0.15) is 0 Å². The third kappa shape index (κ3) is 3.37. The molecule has 0 bridgehead atoms. The van der Waals surface area contributed by atoms with Gasteiger partial charge in [-0.1, -0.05) is 17.8 Å². The molecule has 0 saturated carbocycles. The summed E-state index contributed by atoms with van der Waals surface area (Å²) in [6, 6.07) is 9.85. The fraction of sp³-hybridized carbons (Fsp3) is 0.176. The Balaban J connectivity index is 1.76. The highest BCUT2D eigenvalue weighted by Crippen LogP contribution is 2.24. The summed E-state index contributed by atoms with van der Waals surface area (Å²) in [5.41, 5.74) is 3.17. The van der Waals surface area contributed by atoms with E-state index in [2.05, 4.69) is 9.97 Å². The second-order valence-corrected chi connectivity index (χ2v) is 6.08. The van der Waals surface area contributed by atoms with Crippen LogP contribution in [0.25, 0.3) is 11.0 Å². The van der Waals surface area contributed by atoms with Crippen molar-refractivity contribution in [2.24, 2.45) is 0 Å². The van der Waals surface area contributed by atoms with Crippen LogP contribution < -0.4 is 4.74 Å². The monoisotopic (exact) mass is 330 g/mol. The maximum Gasteiger partial charge on any atom is 0.177 e. The van der Waals surface area contributed by atoms with Gasteiger partial charge in [0.2, 0.25) is 0 Å². The van der Waals surface area contributed by atoms with Crippen LogP contribution in [0.2, 0.25) is 0 Å². The van der Waals surface area contributed by atoms with Crippen molar-refractivity contribution in [1.82, 2.24) is 9.97 Å². The van der Waals surface area contributed by atoms with Gasteiger partial charge >= 0.3 is 0 Å². The summed E-state index contributed by atoms with van der Waals surface area (Å²) in [6.45, 7) is 2.01. The Morgan fingerprint density at radius 1 is 1.30 bits per heavy atom. The third-order valence-electron chi connectivity index (χ3n) is 3.42. The zero-order valence-electron chi connectivity index (χ0n) is 12.7. The number of H-pyrrole nitrogens is 1. The Hall–Kier alpha value is -2.34. The standard InChI is InChI=1S/C17H15FN2O2S/c1-10-3-5-13-14(7-10)20-17(19-13)23-9-15(21)12-8-11(18)4-6-16(12)22-2/h3-8H,9H2,1-2H3,(H,19,20). The number of aromatic amines is 1. The van der Waals surface area contributed by atoms with E-state index < -0.39 is 5.82 Å². The molecule has 2 aromatic carbocycles. The molecule has 0 saturated heterocycles. The van der Waals surface area contributed by atoms with E-state index in [-0.39, 0.29) is 17.1 Å². The number of halogens is 1. The van der Waals surface area contributed by atoms with Crippen LogP contribution in [-0.2, 0) is 0 Å². The minimum atomic E-state index is -0.460. The van der Waals surface area contributed by atoms with Crippen molar-refractivity contribution in [3.8, 4) is 5.75 Å². The Bertz CT molecular complexity index is 876. The van der Waals surface area contributed by atoms with E-state index in [1.807, 2.05) is 25.1 Å². The summed E-state index contributed by atoms with van der Waals surface area (Å²) >= 11 is 1.29. The van der Waals surface area contributed by atoms with E-state index >= 15 is 0 Å². The fourth-order valence-corrected chi connectivity index (χ4v) is 3.05. The van der Waals surface area contributed by atoms with Gasteiger partial charge in [0.1, 0.15) is 11.6 Å². The van der Waals surface area contributed by atoms with E-state index in [1.54, 1.807) is 0 Å². The second kappa shape index (κ2) is 6.42. The number of benzene rings is 2. The molecule has 0 radical (unpaired) electrons. The van der Waals surface area contributed by atoms with E-state index in [0.717, 1.165) is 16.6 Å². The number of rotatable bonds is 5. The number of Topliss-reactive ketones (excluding diaryl/α,β-unsaturated/α-hetero) is 1. The number of carbonyl (C=O) groups excluding carboxylic acids is 1. The Labute approximate surface area is 137 Å². The van der Waals surface area contributed by atoms with Gasteiger partial charge in [0.25, 0.3) is 0 Å². The molecular weight excluding hydrogens is 315 g/mol. The average Bonchev–Trinajstić information content (AvgIpc) is 2.94. The summed E-state index contributed by atoms with van der Waals surface area (Å²) < 4.78 is 18.5. The zero-order valence-corrected chi connectivity index (χ0v) is 13.5. The number of aryl methyl sites for hydroxylation is 1. The fourth-order valence-electron chi connectivity index (χ4n) is 2.28. The van der Waals surface area contributed by atoms with Crippen LogP contribution in [0, 0.1) is 12.7 Å². The Kier molecular flexibility index (Phi) is 4.34. The van der Waals surface area contributed by atoms with Crippen LogP contribution in [-0.4, -0.2) is 28.6 Å². The van der Waals surface area contributed by atoms with Gasteiger partial charge in [-0.3, -0.25) is 4.79 Å². The molecule has 0 unspecified atom stereocenters. The summed E-state index contributed by atoms with van der Waals surface area (Å²) in [5, 5.41) is 0.661. The van der Waals surface area contributed by atoms with Gasteiger partial charge in [-0.15, -0.1) is 0 Å². The molecule has 1 N–H and O–H groups in total. The number of hydrogen-bond donors (Lipinski definition) is 1. The summed E-state index contributed by atoms with van der Waals surface area (Å²) in [7, 11) is 1.46. The summed E-state index contributed by atoms with van der Waals surface area (Å²) in [5.74, 6) is -0.142. The molecule has 0 fully saturated rings. The van der Waals surface area contributed by atoms with E-state index in [9.17, 15) is 9.18 Å². The van der Waals surface area contributed by atoms with Crippen molar-refractivity contribution >= 4 is 28.6 Å². The second-order valence-electron chi connectivity index (χ2n) is 5.12. The van der Waals surface area contributed by atoms with E-state index in [0.29, 0.717) is 10.9 Å².